The Balaban J connectivity index is 1.64. The molecule has 2 N–H and O–H groups in total. The molecule has 4 rings (SSSR count). The highest BCUT2D eigenvalue weighted by Gasteiger charge is 2.64. The second kappa shape index (κ2) is 6.61. The van der Waals surface area contributed by atoms with Crippen molar-refractivity contribution < 1.29 is 14.4 Å². The summed E-state index contributed by atoms with van der Waals surface area (Å²) in [5, 5.41) is 0. The van der Waals surface area contributed by atoms with Crippen molar-refractivity contribution >= 4 is 35.1 Å². The molecule has 28 heavy (non-hydrogen) atoms. The fourth-order valence-electron chi connectivity index (χ4n) is 4.24. The number of primary amides is 1. The van der Waals surface area contributed by atoms with Gasteiger partial charge in [0.2, 0.25) is 5.54 Å². The lowest BCUT2D eigenvalue weighted by molar-refractivity contribution is -0.134. The highest BCUT2D eigenvalue weighted by atomic mass is 16.2. The Morgan fingerprint density at radius 1 is 1.14 bits per heavy atom. The van der Waals surface area contributed by atoms with Crippen molar-refractivity contribution in [3.05, 3.63) is 30.7 Å². The van der Waals surface area contributed by atoms with Gasteiger partial charge < -0.3 is 15.5 Å². The zero-order chi connectivity index (χ0) is 20.1. The van der Waals surface area contributed by atoms with E-state index in [2.05, 4.69) is 23.7 Å². The number of carbonyl (C=O) groups is 3. The molecule has 0 bridgehead atoms. The average Bonchev–Trinajstić information content (AvgIpc) is 3.22. The van der Waals surface area contributed by atoms with Crippen LogP contribution in [0.1, 0.15) is 26.7 Å². The molecular formula is C20H24N5O3. The van der Waals surface area contributed by atoms with Crippen LogP contribution in [0.25, 0.3) is 0 Å². The molecule has 3 aliphatic heterocycles. The van der Waals surface area contributed by atoms with E-state index in [9.17, 15) is 14.4 Å². The van der Waals surface area contributed by atoms with Gasteiger partial charge in [-0.15, -0.1) is 0 Å². The van der Waals surface area contributed by atoms with Crippen LogP contribution in [0, 0.1) is 12.3 Å². The molecule has 4 amide bonds. The van der Waals surface area contributed by atoms with E-state index >= 15 is 0 Å². The monoisotopic (exact) mass is 382 g/mol. The van der Waals surface area contributed by atoms with Crippen LogP contribution in [-0.2, 0) is 9.59 Å². The molecule has 147 valence electrons. The minimum atomic E-state index is -1.65. The number of nitrogens with two attached hydrogens (primary N) is 1. The number of benzene rings is 1. The summed E-state index contributed by atoms with van der Waals surface area (Å²) in [5.41, 5.74) is 5.24. The minimum Gasteiger partial charge on any atom is -0.367 e. The number of carbonyl (C=O) groups excluding carboxylic acids is 3. The number of hydrogen-bond acceptors (Lipinski definition) is 5. The van der Waals surface area contributed by atoms with Gasteiger partial charge in [-0.25, -0.2) is 9.69 Å². The van der Waals surface area contributed by atoms with Crippen LogP contribution in [0.15, 0.2) is 29.3 Å². The number of aliphatic imine (C=N–C) groups is 1. The van der Waals surface area contributed by atoms with Crippen LogP contribution >= 0.6 is 0 Å². The van der Waals surface area contributed by atoms with Crippen LogP contribution in [0.2, 0.25) is 0 Å². The van der Waals surface area contributed by atoms with Crippen molar-refractivity contribution in [3.8, 4) is 0 Å². The van der Waals surface area contributed by atoms with E-state index in [-0.39, 0.29) is 0 Å². The fourth-order valence-corrected chi connectivity index (χ4v) is 4.24. The largest absolute Gasteiger partial charge is 0.367 e. The molecule has 2 fully saturated rings. The summed E-state index contributed by atoms with van der Waals surface area (Å²) in [6.45, 7) is 6.25. The van der Waals surface area contributed by atoms with Gasteiger partial charge in [-0.2, -0.15) is 0 Å². The lowest BCUT2D eigenvalue weighted by Gasteiger charge is -2.32. The first-order valence-electron chi connectivity index (χ1n) is 9.60. The van der Waals surface area contributed by atoms with Crippen LogP contribution in [0.5, 0.6) is 0 Å². The zero-order valence-electron chi connectivity index (χ0n) is 16.1. The highest BCUT2D eigenvalue weighted by Crippen LogP contribution is 2.39. The molecule has 3 heterocycles. The maximum absolute atomic E-state index is 13.0. The van der Waals surface area contributed by atoms with Gasteiger partial charge in [0.05, 0.1) is 5.69 Å². The van der Waals surface area contributed by atoms with Crippen molar-refractivity contribution in [2.75, 3.05) is 29.4 Å². The Morgan fingerprint density at radius 2 is 1.82 bits per heavy atom. The van der Waals surface area contributed by atoms with Crippen molar-refractivity contribution in [2.24, 2.45) is 16.6 Å². The standard InChI is InChI=1S/C20H24N5O3/c1-13(2)16-22-10-4-11-23(16)14-5-7-15(8-6-14)25-18(27)20(17(21)26)9-3-12-24(20)19(25)28/h5-9,13H,3-4,10-12H2,1-2H3,(H2,21,26)/t20-/m0/s1. The third-order valence-electron chi connectivity index (χ3n) is 5.57. The van der Waals surface area contributed by atoms with E-state index in [0.29, 0.717) is 24.6 Å². The molecule has 0 aliphatic carbocycles. The third-order valence-corrected chi connectivity index (χ3v) is 5.57. The number of hydrogen-bond donors (Lipinski definition) is 1. The van der Waals surface area contributed by atoms with Crippen molar-refractivity contribution in [2.45, 2.75) is 32.2 Å². The lowest BCUT2D eigenvalue weighted by Crippen LogP contribution is -2.55. The first-order chi connectivity index (χ1) is 13.4. The summed E-state index contributed by atoms with van der Waals surface area (Å²) in [6, 6.07) is 6.71. The number of imide groups is 1. The summed E-state index contributed by atoms with van der Waals surface area (Å²) in [5.74, 6) is -0.0682. The molecule has 0 saturated carbocycles. The zero-order valence-corrected chi connectivity index (χ0v) is 16.1. The molecule has 3 aliphatic rings. The second-order valence-electron chi connectivity index (χ2n) is 7.61. The van der Waals surface area contributed by atoms with Crippen molar-refractivity contribution in [3.63, 3.8) is 0 Å². The summed E-state index contributed by atoms with van der Waals surface area (Å²) in [6.07, 6.45) is 3.00. The maximum atomic E-state index is 13.0. The molecule has 0 aromatic heterocycles. The quantitative estimate of drug-likeness (QED) is 0.631. The van der Waals surface area contributed by atoms with Gasteiger partial charge >= 0.3 is 6.03 Å². The van der Waals surface area contributed by atoms with E-state index in [1.54, 1.807) is 18.6 Å². The number of nitrogens with zero attached hydrogens (tertiary/aromatic N) is 4. The summed E-state index contributed by atoms with van der Waals surface area (Å²) < 4.78 is 0. The van der Waals surface area contributed by atoms with Crippen LogP contribution in [0.3, 0.4) is 0 Å². The fraction of sp³-hybridized carbons (Fsp3) is 0.450. The minimum absolute atomic E-state index is 0.305. The van der Waals surface area contributed by atoms with Crippen LogP contribution in [0.4, 0.5) is 16.2 Å². The molecule has 8 heteroatoms. The number of amides is 4. The number of rotatable bonds is 4. The van der Waals surface area contributed by atoms with E-state index in [1.807, 2.05) is 12.1 Å². The molecule has 1 atom stereocenters. The topological polar surface area (TPSA) is 99.3 Å². The second-order valence-corrected chi connectivity index (χ2v) is 7.61. The first kappa shape index (κ1) is 18.5. The van der Waals surface area contributed by atoms with E-state index < -0.39 is 23.4 Å². The van der Waals surface area contributed by atoms with Crippen LogP contribution < -0.4 is 15.5 Å². The predicted molar refractivity (Wildman–Crippen MR) is 106 cm³/mol. The highest BCUT2D eigenvalue weighted by molar-refractivity contribution is 6.32. The average molecular weight is 382 g/mol. The van der Waals surface area contributed by atoms with E-state index in [4.69, 9.17) is 5.73 Å². The number of fused-ring (bicyclic) bond motifs is 1. The maximum Gasteiger partial charge on any atom is 0.332 e. The third kappa shape index (κ3) is 2.51. The molecular weight excluding hydrogens is 358 g/mol. The normalized spacial score (nSPS) is 24.8. The Labute approximate surface area is 164 Å². The van der Waals surface area contributed by atoms with Gasteiger partial charge in [-0.3, -0.25) is 14.6 Å². The lowest BCUT2D eigenvalue weighted by atomic mass is 9.95. The van der Waals surface area contributed by atoms with Crippen LogP contribution in [-0.4, -0.2) is 53.8 Å². The summed E-state index contributed by atoms with van der Waals surface area (Å²) >= 11 is 0. The van der Waals surface area contributed by atoms with E-state index in [0.717, 1.165) is 35.9 Å². The van der Waals surface area contributed by atoms with Gasteiger partial charge in [-0.05, 0) is 37.1 Å². The summed E-state index contributed by atoms with van der Waals surface area (Å²) in [4.78, 5) is 47.0. The SMILES string of the molecule is CC(C)C1=NCCCN1c1ccc(N2C(=O)N3CC[CH][C@]3(C(N)=O)C2=O)cc1. The summed E-state index contributed by atoms with van der Waals surface area (Å²) in [7, 11) is 0. The predicted octanol–water partition coefficient (Wildman–Crippen LogP) is 1.55. The number of anilines is 2. The molecule has 0 unspecified atom stereocenters. The number of amidine groups is 1. The van der Waals surface area contributed by atoms with E-state index in [1.165, 1.54) is 4.90 Å². The Kier molecular flexibility index (Phi) is 4.36. The van der Waals surface area contributed by atoms with Gasteiger partial charge in [0.15, 0.2) is 0 Å². The van der Waals surface area contributed by atoms with Gasteiger partial charge in [0, 0.05) is 37.7 Å². The number of urea groups is 1. The molecule has 1 radical (unpaired) electrons. The Bertz CT molecular complexity index is 863. The van der Waals surface area contributed by atoms with Crippen molar-refractivity contribution in [1.29, 1.82) is 0 Å². The smallest absolute Gasteiger partial charge is 0.332 e. The van der Waals surface area contributed by atoms with Gasteiger partial charge in [0.1, 0.15) is 5.84 Å². The van der Waals surface area contributed by atoms with Gasteiger partial charge in [0.25, 0.3) is 11.8 Å². The molecule has 8 nitrogen and oxygen atoms in total. The molecule has 0 spiro atoms. The molecule has 1 aromatic carbocycles. The molecule has 1 aromatic rings. The van der Waals surface area contributed by atoms with Crippen molar-refractivity contribution in [1.82, 2.24) is 4.90 Å². The molecule has 2 saturated heterocycles. The first-order valence-corrected chi connectivity index (χ1v) is 9.60. The Morgan fingerprint density at radius 3 is 2.43 bits per heavy atom. The Hall–Kier alpha value is -2.90. The van der Waals surface area contributed by atoms with Gasteiger partial charge in [-0.1, -0.05) is 13.8 Å².